The van der Waals surface area contributed by atoms with Crippen molar-refractivity contribution in [2.45, 2.75) is 59.1 Å². The van der Waals surface area contributed by atoms with Gasteiger partial charge in [0.25, 0.3) is 5.56 Å². The molecule has 2 aromatic rings. The second kappa shape index (κ2) is 12.1. The minimum atomic E-state index is -0.677. The molecular formula is C23H35N5O4. The van der Waals surface area contributed by atoms with Crippen molar-refractivity contribution in [1.29, 1.82) is 0 Å². The van der Waals surface area contributed by atoms with E-state index in [1.165, 1.54) is 9.47 Å². The first kappa shape index (κ1) is 25.2. The highest BCUT2D eigenvalue weighted by Crippen LogP contribution is 2.20. The van der Waals surface area contributed by atoms with E-state index in [1.54, 1.807) is 4.90 Å². The van der Waals surface area contributed by atoms with Crippen LogP contribution in [-0.4, -0.2) is 46.3 Å². The molecular weight excluding hydrogens is 410 g/mol. The number of aromatic amines is 1. The quantitative estimate of drug-likeness (QED) is 0.459. The lowest BCUT2D eigenvalue weighted by molar-refractivity contribution is -0.117. The van der Waals surface area contributed by atoms with Gasteiger partial charge in [0, 0.05) is 25.3 Å². The SMILES string of the molecule is CCCCN(C(=O)CN(C[C@@H](O)CC)c1ccccc1)c1c(N)n(CCC)c(=O)[nH]c1=O. The van der Waals surface area contributed by atoms with Crippen LogP contribution in [0.15, 0.2) is 39.9 Å². The number of aliphatic hydroxyl groups excluding tert-OH is 1. The molecule has 0 saturated carbocycles. The van der Waals surface area contributed by atoms with Crippen LogP contribution in [0.3, 0.4) is 0 Å². The number of carbonyl (C=O) groups excluding carboxylic acids is 1. The Morgan fingerprint density at radius 3 is 2.44 bits per heavy atom. The zero-order chi connectivity index (χ0) is 23.7. The van der Waals surface area contributed by atoms with Gasteiger partial charge >= 0.3 is 5.69 Å². The molecule has 176 valence electrons. The van der Waals surface area contributed by atoms with E-state index in [-0.39, 0.29) is 30.5 Å². The number of benzene rings is 1. The molecule has 1 amide bonds. The number of nitrogens with one attached hydrogen (secondary N) is 1. The summed E-state index contributed by atoms with van der Waals surface area (Å²) in [5, 5.41) is 10.2. The molecule has 0 fully saturated rings. The molecule has 0 spiro atoms. The van der Waals surface area contributed by atoms with Gasteiger partial charge in [-0.15, -0.1) is 0 Å². The van der Waals surface area contributed by atoms with Gasteiger partial charge in [-0.2, -0.15) is 0 Å². The number of anilines is 3. The van der Waals surface area contributed by atoms with Crippen LogP contribution in [-0.2, 0) is 11.3 Å². The third-order valence-corrected chi connectivity index (χ3v) is 5.32. The van der Waals surface area contributed by atoms with Crippen molar-refractivity contribution in [3.05, 3.63) is 51.2 Å². The van der Waals surface area contributed by atoms with Gasteiger partial charge in [0.05, 0.1) is 12.6 Å². The number of nitrogen functional groups attached to an aromatic ring is 1. The summed E-state index contributed by atoms with van der Waals surface area (Å²) in [6, 6.07) is 9.35. The largest absolute Gasteiger partial charge is 0.391 e. The van der Waals surface area contributed by atoms with Gasteiger partial charge in [-0.3, -0.25) is 19.1 Å². The lowest BCUT2D eigenvalue weighted by Crippen LogP contribution is -2.47. The van der Waals surface area contributed by atoms with Crippen molar-refractivity contribution in [3.63, 3.8) is 0 Å². The first-order valence-corrected chi connectivity index (χ1v) is 11.2. The predicted octanol–water partition coefficient (Wildman–Crippen LogP) is 1.94. The normalized spacial score (nSPS) is 11.9. The number of carbonyl (C=O) groups is 1. The van der Waals surface area contributed by atoms with Gasteiger partial charge < -0.3 is 20.6 Å². The highest BCUT2D eigenvalue weighted by Gasteiger charge is 2.26. The molecule has 0 aliphatic heterocycles. The molecule has 9 heteroatoms. The summed E-state index contributed by atoms with van der Waals surface area (Å²) in [5.74, 6) is -0.339. The molecule has 0 saturated heterocycles. The van der Waals surface area contributed by atoms with E-state index >= 15 is 0 Å². The summed E-state index contributed by atoms with van der Waals surface area (Å²) < 4.78 is 1.29. The van der Waals surface area contributed by atoms with E-state index < -0.39 is 17.4 Å². The molecule has 0 radical (unpaired) electrons. The average Bonchev–Trinajstić information content (AvgIpc) is 2.78. The van der Waals surface area contributed by atoms with Gasteiger partial charge in [0.15, 0.2) is 5.69 Å². The lowest BCUT2D eigenvalue weighted by atomic mass is 10.2. The van der Waals surface area contributed by atoms with Gasteiger partial charge in [-0.05, 0) is 31.4 Å². The average molecular weight is 446 g/mol. The maximum Gasteiger partial charge on any atom is 0.330 e. The molecule has 0 unspecified atom stereocenters. The molecule has 9 nitrogen and oxygen atoms in total. The fourth-order valence-corrected chi connectivity index (χ4v) is 3.49. The van der Waals surface area contributed by atoms with Gasteiger partial charge in [-0.1, -0.05) is 45.4 Å². The Morgan fingerprint density at radius 2 is 1.84 bits per heavy atom. The van der Waals surface area contributed by atoms with Crippen LogP contribution in [0.25, 0.3) is 0 Å². The van der Waals surface area contributed by atoms with Crippen LogP contribution in [0, 0.1) is 0 Å². The lowest BCUT2D eigenvalue weighted by Gasteiger charge is -2.30. The molecule has 0 aliphatic carbocycles. The van der Waals surface area contributed by atoms with Crippen molar-refractivity contribution >= 4 is 23.1 Å². The number of nitrogens with zero attached hydrogens (tertiary/aromatic N) is 3. The van der Waals surface area contributed by atoms with Crippen molar-refractivity contribution in [2.75, 3.05) is 35.2 Å². The first-order chi connectivity index (χ1) is 15.3. The van der Waals surface area contributed by atoms with Gasteiger partial charge in [0.1, 0.15) is 5.82 Å². The maximum absolute atomic E-state index is 13.5. The Bertz CT molecular complexity index is 986. The number of nitrogens with two attached hydrogens (primary N) is 1. The molecule has 0 aliphatic rings. The number of amides is 1. The summed E-state index contributed by atoms with van der Waals surface area (Å²) in [6.45, 7) is 6.62. The number of unbranched alkanes of at least 4 members (excludes halogenated alkanes) is 1. The van der Waals surface area contributed by atoms with E-state index in [9.17, 15) is 19.5 Å². The van der Waals surface area contributed by atoms with Crippen molar-refractivity contribution < 1.29 is 9.90 Å². The maximum atomic E-state index is 13.5. The topological polar surface area (TPSA) is 125 Å². The fraction of sp³-hybridized carbons (Fsp3) is 0.522. The minimum Gasteiger partial charge on any atom is -0.391 e. The van der Waals surface area contributed by atoms with E-state index in [1.807, 2.05) is 51.1 Å². The summed E-state index contributed by atoms with van der Waals surface area (Å²) in [5.41, 5.74) is 5.75. The van der Waals surface area contributed by atoms with Gasteiger partial charge in [-0.25, -0.2) is 4.79 Å². The number of aromatic nitrogens is 2. The summed E-state index contributed by atoms with van der Waals surface area (Å²) in [4.78, 5) is 43.9. The van der Waals surface area contributed by atoms with Crippen LogP contribution in [0.4, 0.5) is 17.2 Å². The van der Waals surface area contributed by atoms with E-state index in [0.29, 0.717) is 32.4 Å². The van der Waals surface area contributed by atoms with Crippen molar-refractivity contribution in [3.8, 4) is 0 Å². The summed E-state index contributed by atoms with van der Waals surface area (Å²) >= 11 is 0. The van der Waals surface area contributed by atoms with Crippen LogP contribution in [0.5, 0.6) is 0 Å². The Kier molecular flexibility index (Phi) is 9.52. The van der Waals surface area contributed by atoms with Gasteiger partial charge in [0.2, 0.25) is 5.91 Å². The van der Waals surface area contributed by atoms with Crippen molar-refractivity contribution in [2.24, 2.45) is 0 Å². The Labute approximate surface area is 188 Å². The molecule has 1 atom stereocenters. The predicted molar refractivity (Wildman–Crippen MR) is 128 cm³/mol. The van der Waals surface area contributed by atoms with Crippen LogP contribution >= 0.6 is 0 Å². The fourth-order valence-electron chi connectivity index (χ4n) is 3.49. The number of hydrogen-bond donors (Lipinski definition) is 3. The third kappa shape index (κ3) is 6.23. The zero-order valence-electron chi connectivity index (χ0n) is 19.2. The highest BCUT2D eigenvalue weighted by molar-refractivity contribution is 5.98. The molecule has 1 heterocycles. The Hall–Kier alpha value is -3.07. The van der Waals surface area contributed by atoms with E-state index in [2.05, 4.69) is 4.98 Å². The first-order valence-electron chi connectivity index (χ1n) is 11.2. The molecule has 32 heavy (non-hydrogen) atoms. The molecule has 0 bridgehead atoms. The Balaban J connectivity index is 2.46. The van der Waals surface area contributed by atoms with Crippen LogP contribution in [0.2, 0.25) is 0 Å². The summed E-state index contributed by atoms with van der Waals surface area (Å²) in [7, 11) is 0. The number of rotatable bonds is 12. The third-order valence-electron chi connectivity index (χ3n) is 5.32. The molecule has 2 rings (SSSR count). The number of para-hydroxylation sites is 1. The number of H-pyrrole nitrogens is 1. The second-order valence-corrected chi connectivity index (χ2v) is 7.82. The van der Waals surface area contributed by atoms with E-state index in [4.69, 9.17) is 5.73 Å². The van der Waals surface area contributed by atoms with Crippen LogP contribution < -0.4 is 26.8 Å². The molecule has 1 aromatic heterocycles. The number of hydrogen-bond acceptors (Lipinski definition) is 6. The number of aliphatic hydroxyl groups is 1. The zero-order valence-corrected chi connectivity index (χ0v) is 19.2. The molecule has 4 N–H and O–H groups in total. The summed E-state index contributed by atoms with van der Waals surface area (Å²) in [6.07, 6.45) is 2.07. The highest BCUT2D eigenvalue weighted by atomic mass is 16.3. The molecule has 1 aromatic carbocycles. The standard InChI is InChI=1S/C23H35N5O4/c1-4-7-14-27(20-21(24)28(13-5-2)23(32)25-22(20)31)19(30)16-26(15-18(29)6-3)17-11-9-8-10-12-17/h8-12,18,29H,4-7,13-16,24H2,1-3H3,(H,25,31,32)/t18-/m0/s1. The monoisotopic (exact) mass is 445 g/mol. The second-order valence-electron chi connectivity index (χ2n) is 7.82. The minimum absolute atomic E-state index is 0.000511. The smallest absolute Gasteiger partial charge is 0.330 e. The van der Waals surface area contributed by atoms with Crippen molar-refractivity contribution in [1.82, 2.24) is 9.55 Å². The van der Waals surface area contributed by atoms with E-state index in [0.717, 1.165) is 12.1 Å². The van der Waals surface area contributed by atoms with Crippen LogP contribution in [0.1, 0.15) is 46.5 Å². The Morgan fingerprint density at radius 1 is 1.16 bits per heavy atom.